The van der Waals surface area contributed by atoms with Gasteiger partial charge >= 0.3 is 16.5 Å². The quantitative estimate of drug-likeness (QED) is 0.207. The molecule has 0 aromatic carbocycles. The van der Waals surface area contributed by atoms with Gasteiger partial charge in [-0.25, -0.2) is 9.97 Å². The molecular weight excluding hydrogens is 547 g/mol. The summed E-state index contributed by atoms with van der Waals surface area (Å²) in [5, 5.41) is 0. The van der Waals surface area contributed by atoms with Crippen LogP contribution < -0.4 is 0 Å². The molecule has 218 valence electrons. The van der Waals surface area contributed by atoms with Crippen LogP contribution in [0.3, 0.4) is 0 Å². The minimum absolute atomic E-state index is 0. The Morgan fingerprint density at radius 3 is 1.73 bits per heavy atom. The largest absolute Gasteiger partial charge is 2.00 e. The van der Waals surface area contributed by atoms with Crippen molar-refractivity contribution in [2.75, 3.05) is 0 Å². The first-order chi connectivity index (χ1) is 19.5. The van der Waals surface area contributed by atoms with Crippen molar-refractivity contribution in [1.82, 2.24) is 19.5 Å². The summed E-state index contributed by atoms with van der Waals surface area (Å²) in [5.74, 6) is 0. The summed E-state index contributed by atoms with van der Waals surface area (Å²) in [6.07, 6.45) is 11.2. The maximum absolute atomic E-state index is 5.61. The third-order valence-corrected chi connectivity index (χ3v) is 8.85. The molecule has 0 saturated heterocycles. The summed E-state index contributed by atoms with van der Waals surface area (Å²) < 4.78 is 2.55. The number of H-pyrrole nitrogens is 1. The first kappa shape index (κ1) is 31.0. The zero-order valence-corrected chi connectivity index (χ0v) is 27.2. The van der Waals surface area contributed by atoms with Gasteiger partial charge in [-0.2, -0.15) is 0 Å². The van der Waals surface area contributed by atoms with Gasteiger partial charge in [-0.05, 0) is 110 Å². The van der Waals surface area contributed by atoms with Crippen molar-refractivity contribution in [1.29, 1.82) is 0 Å². The molecule has 2 aliphatic rings. The Morgan fingerprint density at radius 1 is 0.610 bits per heavy atom. The number of hydrogen-bond acceptors (Lipinski definition) is 2. The molecule has 3 aromatic rings. The number of fused-ring (bicyclic) bond motifs is 8. The summed E-state index contributed by atoms with van der Waals surface area (Å²) in [7, 11) is 0. The van der Waals surface area contributed by atoms with Gasteiger partial charge in [0.2, 0.25) is 0 Å². The molecule has 4 nitrogen and oxygen atoms in total. The molecule has 2 aliphatic heterocycles. The van der Waals surface area contributed by atoms with Crippen molar-refractivity contribution in [2.24, 2.45) is 0 Å². The summed E-state index contributed by atoms with van der Waals surface area (Å²) >= 11 is 0. The van der Waals surface area contributed by atoms with Gasteiger partial charge in [0, 0.05) is 34.2 Å². The summed E-state index contributed by atoms with van der Waals surface area (Å²) in [5.41, 5.74) is 19.3. The maximum atomic E-state index is 5.61. The summed E-state index contributed by atoms with van der Waals surface area (Å²) in [6.45, 7) is 19.2. The fourth-order valence-corrected chi connectivity index (χ4v) is 7.06. The van der Waals surface area contributed by atoms with Crippen LogP contribution in [0.25, 0.3) is 45.4 Å². The molecule has 0 fully saturated rings. The van der Waals surface area contributed by atoms with Gasteiger partial charge in [-0.3, -0.25) is 0 Å². The Kier molecular flexibility index (Phi) is 9.80. The second kappa shape index (κ2) is 12.9. The van der Waals surface area contributed by atoms with E-state index >= 15 is 0 Å². The van der Waals surface area contributed by atoms with Crippen molar-refractivity contribution in [3.8, 4) is 0 Å². The van der Waals surface area contributed by atoms with Crippen LogP contribution in [0.5, 0.6) is 0 Å². The third-order valence-electron chi connectivity index (χ3n) is 8.85. The average molecular weight is 593 g/mol. The fourth-order valence-electron chi connectivity index (χ4n) is 7.06. The monoisotopic (exact) mass is 592 g/mol. The molecule has 0 atom stereocenters. The Bertz CT molecular complexity index is 1680. The second-order valence-electron chi connectivity index (χ2n) is 10.8. The van der Waals surface area contributed by atoms with Crippen LogP contribution in [0.15, 0.2) is 18.2 Å². The van der Waals surface area contributed by atoms with Crippen molar-refractivity contribution in [3.63, 3.8) is 0 Å². The molecule has 0 radical (unpaired) electrons. The number of rotatable bonds is 8. The molecule has 0 unspecified atom stereocenters. The van der Waals surface area contributed by atoms with E-state index in [2.05, 4.69) is 95.3 Å². The molecule has 1 N–H and O–H groups in total. The van der Waals surface area contributed by atoms with Gasteiger partial charge in [-0.1, -0.05) is 48.5 Å². The summed E-state index contributed by atoms with van der Waals surface area (Å²) in [4.78, 5) is 14.4. The van der Waals surface area contributed by atoms with Crippen LogP contribution in [0, 0.1) is 0 Å². The number of hydrogen-bond donors (Lipinski definition) is 1. The van der Waals surface area contributed by atoms with E-state index < -0.39 is 0 Å². The fraction of sp³-hybridized carbons (Fsp3) is 0.444. The molecule has 0 saturated carbocycles. The van der Waals surface area contributed by atoms with Crippen LogP contribution in [-0.2, 0) is 55.1 Å². The Balaban J connectivity index is 0.00000387. The van der Waals surface area contributed by atoms with Gasteiger partial charge < -0.3 is 9.55 Å². The molecule has 5 heteroatoms. The molecule has 0 spiro atoms. The van der Waals surface area contributed by atoms with Crippen molar-refractivity contribution >= 4 is 45.4 Å². The van der Waals surface area contributed by atoms with E-state index in [1.165, 1.54) is 66.9 Å². The Hall–Kier alpha value is -2.91. The zero-order chi connectivity index (χ0) is 28.6. The van der Waals surface area contributed by atoms with Crippen LogP contribution in [0.2, 0.25) is 0 Å². The number of aromatic nitrogens is 4. The zero-order valence-electron chi connectivity index (χ0n) is 26.2. The van der Waals surface area contributed by atoms with Gasteiger partial charge in [0.1, 0.15) is 0 Å². The van der Waals surface area contributed by atoms with Crippen LogP contribution >= 0.6 is 0 Å². The number of allylic oxidation sites excluding steroid dienone is 2. The second-order valence-corrected chi connectivity index (χ2v) is 10.8. The number of aromatic amines is 1. The van der Waals surface area contributed by atoms with Gasteiger partial charge in [-0.15, -0.1) is 0 Å². The summed E-state index contributed by atoms with van der Waals surface area (Å²) in [6, 6.07) is 6.80. The molecule has 3 aromatic heterocycles. The van der Waals surface area contributed by atoms with Gasteiger partial charge in [0.05, 0.1) is 28.3 Å². The predicted molar refractivity (Wildman–Crippen MR) is 174 cm³/mol. The normalized spacial score (nSPS) is 12.8. The molecule has 5 heterocycles. The predicted octanol–water partition coefficient (Wildman–Crippen LogP) is 9.52. The number of nitrogens with one attached hydrogen (secondary N) is 1. The van der Waals surface area contributed by atoms with E-state index in [0.717, 1.165) is 68.4 Å². The number of nitrogens with zero attached hydrogens (tertiary/aromatic N) is 3. The minimum Gasteiger partial charge on any atom is -0.355 e. The molecule has 5 rings (SSSR count). The van der Waals surface area contributed by atoms with Crippen molar-refractivity contribution < 1.29 is 16.5 Å². The van der Waals surface area contributed by atoms with E-state index in [9.17, 15) is 0 Å². The topological polar surface area (TPSA) is 46.5 Å². The molecule has 0 amide bonds. The van der Waals surface area contributed by atoms with Crippen molar-refractivity contribution in [2.45, 2.75) is 107 Å². The average Bonchev–Trinajstić information content (AvgIpc) is 3.73. The first-order valence-corrected chi connectivity index (χ1v) is 15.7. The van der Waals surface area contributed by atoms with E-state index in [1.807, 2.05) is 0 Å². The van der Waals surface area contributed by atoms with E-state index in [0.29, 0.717) is 0 Å². The maximum Gasteiger partial charge on any atom is 2.00 e. The van der Waals surface area contributed by atoms with Crippen LogP contribution in [0.1, 0.15) is 119 Å². The first-order valence-electron chi connectivity index (χ1n) is 15.7. The third kappa shape index (κ3) is 5.16. The standard InChI is InChI=1S/C36H46N4.Ni/c1-9-22-19-25-20-23-17-18-24(37-23)21-32-26(10-2)29(13-5)36(40(32)16-8)31(15-7)35-28(12-4)27(11-3)34(39-35)30(14-6)33(22)38-25;/h17-21,38H,9-16H2,1-8H3;/q;+2. The molecule has 8 bridgehead atoms. The van der Waals surface area contributed by atoms with Crippen LogP contribution in [0.4, 0.5) is 0 Å². The minimum atomic E-state index is 0. The molecule has 0 aliphatic carbocycles. The SMILES string of the molecule is CCC1=C(CC)c2nc1c(CC)c1[nH]c(cc3nc(cc4c(CC)c(CC)c(c2CC)n4CC)C=C3)cc1CC.[Ni+2]. The van der Waals surface area contributed by atoms with E-state index in [4.69, 9.17) is 9.97 Å². The van der Waals surface area contributed by atoms with E-state index in [-0.39, 0.29) is 16.5 Å². The molecular formula is C36H46N4Ni+2. The number of aryl methyl sites for hydroxylation is 6. The van der Waals surface area contributed by atoms with Crippen LogP contribution in [-0.4, -0.2) is 19.5 Å². The van der Waals surface area contributed by atoms with E-state index in [1.54, 1.807) is 0 Å². The van der Waals surface area contributed by atoms with Gasteiger partial charge in [0.15, 0.2) is 0 Å². The van der Waals surface area contributed by atoms with Gasteiger partial charge in [0.25, 0.3) is 0 Å². The Labute approximate surface area is 256 Å². The smallest absolute Gasteiger partial charge is 0.355 e. The molecule has 41 heavy (non-hydrogen) atoms. The van der Waals surface area contributed by atoms with Crippen molar-refractivity contribution in [3.05, 3.63) is 68.8 Å². The Morgan fingerprint density at radius 2 is 1.20 bits per heavy atom.